The second-order valence-electron chi connectivity index (χ2n) is 4.75. The summed E-state index contributed by atoms with van der Waals surface area (Å²) in [4.78, 5) is 5.06. The van der Waals surface area contributed by atoms with Crippen LogP contribution >= 0.6 is 11.6 Å². The molecular weight excluding hydrogens is 232 g/mol. The number of piperazine rings is 1. The molecule has 17 heavy (non-hydrogen) atoms. The molecule has 0 bridgehead atoms. The molecule has 1 aromatic carbocycles. The predicted molar refractivity (Wildman–Crippen MR) is 73.5 cm³/mol. The molecule has 0 aromatic heterocycles. The fourth-order valence-corrected chi connectivity index (χ4v) is 2.59. The molecule has 1 aliphatic heterocycles. The Bertz CT molecular complexity index is 346. The number of benzene rings is 1. The fourth-order valence-electron chi connectivity index (χ4n) is 2.38. The Kier molecular flexibility index (Phi) is 4.84. The van der Waals surface area contributed by atoms with Crippen LogP contribution in [0.2, 0.25) is 5.02 Å². The predicted octanol–water partition coefficient (Wildman–Crippen LogP) is 2.87. The Labute approximate surface area is 109 Å². The van der Waals surface area contributed by atoms with Gasteiger partial charge in [0, 0.05) is 37.7 Å². The number of halogens is 1. The molecule has 1 heterocycles. The number of hydrogen-bond donors (Lipinski definition) is 0. The first-order valence-corrected chi connectivity index (χ1v) is 6.85. The van der Waals surface area contributed by atoms with Gasteiger partial charge in [-0.25, -0.2) is 0 Å². The Morgan fingerprint density at radius 3 is 2.47 bits per heavy atom. The van der Waals surface area contributed by atoms with Crippen molar-refractivity contribution in [1.82, 2.24) is 9.80 Å². The molecule has 2 rings (SSSR count). The van der Waals surface area contributed by atoms with Crippen LogP contribution < -0.4 is 0 Å². The molecule has 0 N–H and O–H groups in total. The zero-order valence-corrected chi connectivity index (χ0v) is 11.3. The largest absolute Gasteiger partial charge is 0.301 e. The molecule has 1 aliphatic rings. The van der Waals surface area contributed by atoms with Gasteiger partial charge in [-0.05, 0) is 30.7 Å². The van der Waals surface area contributed by atoms with E-state index in [9.17, 15) is 0 Å². The monoisotopic (exact) mass is 252 g/mol. The molecule has 0 unspecified atom stereocenters. The summed E-state index contributed by atoms with van der Waals surface area (Å²) in [7, 11) is 0. The Hall–Kier alpha value is -0.570. The van der Waals surface area contributed by atoms with E-state index < -0.39 is 0 Å². The van der Waals surface area contributed by atoms with Crippen LogP contribution in [0.1, 0.15) is 18.9 Å². The average molecular weight is 253 g/mol. The summed E-state index contributed by atoms with van der Waals surface area (Å²) in [5, 5.41) is 0.840. The van der Waals surface area contributed by atoms with E-state index in [0.29, 0.717) is 0 Å². The van der Waals surface area contributed by atoms with Gasteiger partial charge in [0.05, 0.1) is 0 Å². The van der Waals surface area contributed by atoms with E-state index in [4.69, 9.17) is 11.6 Å². The smallest absolute Gasteiger partial charge is 0.0409 e. The molecular formula is C14H21ClN2. The van der Waals surface area contributed by atoms with E-state index >= 15 is 0 Å². The quantitative estimate of drug-likeness (QED) is 0.813. The SMILES string of the molecule is CCCN1CCN(Cc2cccc(Cl)c2)CC1. The van der Waals surface area contributed by atoms with Crippen LogP contribution in [-0.4, -0.2) is 42.5 Å². The maximum Gasteiger partial charge on any atom is 0.0409 e. The van der Waals surface area contributed by atoms with Crippen LogP contribution in [0.25, 0.3) is 0 Å². The van der Waals surface area contributed by atoms with Crippen molar-refractivity contribution in [2.24, 2.45) is 0 Å². The molecule has 0 atom stereocenters. The third-order valence-electron chi connectivity index (χ3n) is 3.30. The van der Waals surface area contributed by atoms with Crippen LogP contribution in [0.3, 0.4) is 0 Å². The lowest BCUT2D eigenvalue weighted by Gasteiger charge is -2.34. The minimum absolute atomic E-state index is 0.840. The van der Waals surface area contributed by atoms with Gasteiger partial charge in [-0.2, -0.15) is 0 Å². The van der Waals surface area contributed by atoms with Crippen molar-refractivity contribution in [2.75, 3.05) is 32.7 Å². The maximum absolute atomic E-state index is 6.00. The summed E-state index contributed by atoms with van der Waals surface area (Å²) in [6.45, 7) is 9.27. The van der Waals surface area contributed by atoms with Crippen molar-refractivity contribution >= 4 is 11.6 Å². The normalized spacial score (nSPS) is 18.5. The highest BCUT2D eigenvalue weighted by molar-refractivity contribution is 6.30. The first-order valence-electron chi connectivity index (χ1n) is 6.47. The van der Waals surface area contributed by atoms with E-state index in [1.165, 1.54) is 44.7 Å². The van der Waals surface area contributed by atoms with Crippen molar-refractivity contribution in [1.29, 1.82) is 0 Å². The highest BCUT2D eigenvalue weighted by Crippen LogP contribution is 2.13. The molecule has 0 spiro atoms. The number of hydrogen-bond acceptors (Lipinski definition) is 2. The second kappa shape index (κ2) is 6.39. The van der Waals surface area contributed by atoms with Crippen molar-refractivity contribution < 1.29 is 0 Å². The number of rotatable bonds is 4. The molecule has 2 nitrogen and oxygen atoms in total. The van der Waals surface area contributed by atoms with Crippen LogP contribution in [-0.2, 0) is 6.54 Å². The van der Waals surface area contributed by atoms with Crippen molar-refractivity contribution in [2.45, 2.75) is 19.9 Å². The van der Waals surface area contributed by atoms with Gasteiger partial charge in [-0.1, -0.05) is 30.7 Å². The summed E-state index contributed by atoms with van der Waals surface area (Å²) in [6.07, 6.45) is 1.26. The maximum atomic E-state index is 6.00. The van der Waals surface area contributed by atoms with E-state index in [-0.39, 0.29) is 0 Å². The third kappa shape index (κ3) is 3.98. The van der Waals surface area contributed by atoms with Gasteiger partial charge >= 0.3 is 0 Å². The van der Waals surface area contributed by atoms with Crippen LogP contribution in [0.15, 0.2) is 24.3 Å². The minimum Gasteiger partial charge on any atom is -0.301 e. The van der Waals surface area contributed by atoms with Gasteiger partial charge in [0.15, 0.2) is 0 Å². The molecule has 1 fully saturated rings. The average Bonchev–Trinajstić information content (AvgIpc) is 2.32. The third-order valence-corrected chi connectivity index (χ3v) is 3.54. The highest BCUT2D eigenvalue weighted by Gasteiger charge is 2.15. The standard InChI is InChI=1S/C14H21ClN2/c1-2-6-16-7-9-17(10-8-16)12-13-4-3-5-14(15)11-13/h3-5,11H,2,6-10,12H2,1H3. The number of nitrogens with zero attached hydrogens (tertiary/aromatic N) is 2. The van der Waals surface area contributed by atoms with Crippen molar-refractivity contribution in [3.05, 3.63) is 34.9 Å². The van der Waals surface area contributed by atoms with Crippen molar-refractivity contribution in [3.8, 4) is 0 Å². The van der Waals surface area contributed by atoms with E-state index in [0.717, 1.165) is 11.6 Å². The minimum atomic E-state index is 0.840. The molecule has 1 saturated heterocycles. The summed E-state index contributed by atoms with van der Waals surface area (Å²) in [5.74, 6) is 0. The highest BCUT2D eigenvalue weighted by atomic mass is 35.5. The molecule has 0 radical (unpaired) electrons. The van der Waals surface area contributed by atoms with E-state index in [1.807, 2.05) is 12.1 Å². The molecule has 0 aliphatic carbocycles. The Balaban J connectivity index is 1.82. The molecule has 0 amide bonds. The lowest BCUT2D eigenvalue weighted by molar-refractivity contribution is 0.127. The second-order valence-corrected chi connectivity index (χ2v) is 5.18. The van der Waals surface area contributed by atoms with Crippen molar-refractivity contribution in [3.63, 3.8) is 0 Å². The summed E-state index contributed by atoms with van der Waals surface area (Å²) in [5.41, 5.74) is 1.32. The van der Waals surface area contributed by atoms with E-state index in [1.54, 1.807) is 0 Å². The first kappa shape index (κ1) is 12.9. The molecule has 1 aromatic rings. The van der Waals surface area contributed by atoms with Gasteiger partial charge in [-0.15, -0.1) is 0 Å². The van der Waals surface area contributed by atoms with Crippen LogP contribution in [0.4, 0.5) is 0 Å². The van der Waals surface area contributed by atoms with E-state index in [2.05, 4.69) is 28.9 Å². The molecule has 3 heteroatoms. The van der Waals surface area contributed by atoms with Gasteiger partial charge in [0.1, 0.15) is 0 Å². The molecule has 94 valence electrons. The van der Waals surface area contributed by atoms with Crippen LogP contribution in [0, 0.1) is 0 Å². The van der Waals surface area contributed by atoms with Crippen LogP contribution in [0.5, 0.6) is 0 Å². The summed E-state index contributed by atoms with van der Waals surface area (Å²) in [6, 6.07) is 8.19. The molecule has 0 saturated carbocycles. The van der Waals surface area contributed by atoms with Gasteiger partial charge < -0.3 is 4.90 Å². The Morgan fingerprint density at radius 1 is 1.12 bits per heavy atom. The lowest BCUT2D eigenvalue weighted by Crippen LogP contribution is -2.45. The zero-order chi connectivity index (χ0) is 12.1. The first-order chi connectivity index (χ1) is 8.28. The zero-order valence-electron chi connectivity index (χ0n) is 10.5. The van der Waals surface area contributed by atoms with Gasteiger partial charge in [0.2, 0.25) is 0 Å². The topological polar surface area (TPSA) is 6.48 Å². The Morgan fingerprint density at radius 2 is 1.82 bits per heavy atom. The van der Waals surface area contributed by atoms with Gasteiger partial charge in [-0.3, -0.25) is 4.90 Å². The van der Waals surface area contributed by atoms with Gasteiger partial charge in [0.25, 0.3) is 0 Å². The lowest BCUT2D eigenvalue weighted by atomic mass is 10.2. The fraction of sp³-hybridized carbons (Fsp3) is 0.571. The summed E-state index contributed by atoms with van der Waals surface area (Å²) < 4.78 is 0. The summed E-state index contributed by atoms with van der Waals surface area (Å²) >= 11 is 6.00.